The third kappa shape index (κ3) is 2.17. The topological polar surface area (TPSA) is 29.3 Å². The van der Waals surface area contributed by atoms with Gasteiger partial charge in [0, 0.05) is 10.8 Å². The van der Waals surface area contributed by atoms with Gasteiger partial charge in [0.15, 0.2) is 0 Å². The summed E-state index contributed by atoms with van der Waals surface area (Å²) in [6, 6.07) is 24.5. The molecule has 0 aliphatic carbocycles. The third-order valence-electron chi connectivity index (χ3n) is 4.50. The Labute approximate surface area is 149 Å². The minimum atomic E-state index is 0.683. The van der Waals surface area contributed by atoms with E-state index in [1.54, 1.807) is 0 Å². The number of hydrogen-bond acceptors (Lipinski definition) is 2. The number of fused-ring (bicyclic) bond motifs is 6. The molecule has 1 N–H and O–H groups in total. The molecular formula is C21H14ClN3. The molecule has 2 aromatic heterocycles. The number of rotatable bonds is 2. The fourth-order valence-corrected chi connectivity index (χ4v) is 3.57. The number of nitrogens with one attached hydrogen (secondary N) is 1. The normalized spacial score (nSPS) is 11.4. The minimum Gasteiger partial charge on any atom is -0.339 e. The zero-order valence-electron chi connectivity index (χ0n) is 13.3. The van der Waals surface area contributed by atoms with E-state index in [0.717, 1.165) is 28.1 Å². The van der Waals surface area contributed by atoms with Gasteiger partial charge in [-0.2, -0.15) is 0 Å². The van der Waals surface area contributed by atoms with Crippen LogP contribution in [0.3, 0.4) is 0 Å². The zero-order chi connectivity index (χ0) is 16.8. The summed E-state index contributed by atoms with van der Waals surface area (Å²) in [4.78, 5) is 4.68. The Balaban J connectivity index is 1.87. The Hall–Kier alpha value is -3.04. The molecule has 0 saturated heterocycles. The summed E-state index contributed by atoms with van der Waals surface area (Å²) in [6.45, 7) is 0. The van der Waals surface area contributed by atoms with E-state index in [1.807, 2.05) is 36.5 Å². The van der Waals surface area contributed by atoms with Gasteiger partial charge in [0.25, 0.3) is 0 Å². The van der Waals surface area contributed by atoms with Gasteiger partial charge in [0.05, 0.1) is 22.4 Å². The Morgan fingerprint density at radius 2 is 1.44 bits per heavy atom. The number of hydrogen-bond donors (Lipinski definition) is 1. The van der Waals surface area contributed by atoms with Gasteiger partial charge in [0.1, 0.15) is 11.5 Å². The molecule has 0 radical (unpaired) electrons. The first-order valence-corrected chi connectivity index (χ1v) is 8.49. The molecule has 25 heavy (non-hydrogen) atoms. The molecule has 0 aliphatic heterocycles. The number of aromatic nitrogens is 2. The van der Waals surface area contributed by atoms with Gasteiger partial charge in [-0.25, -0.2) is 4.98 Å². The van der Waals surface area contributed by atoms with E-state index in [0.29, 0.717) is 5.02 Å². The quantitative estimate of drug-likeness (QED) is 0.396. The van der Waals surface area contributed by atoms with E-state index in [4.69, 9.17) is 11.6 Å². The van der Waals surface area contributed by atoms with Gasteiger partial charge in [-0.3, -0.25) is 4.40 Å². The van der Waals surface area contributed by atoms with Crippen molar-refractivity contribution in [1.29, 1.82) is 0 Å². The minimum absolute atomic E-state index is 0.683. The van der Waals surface area contributed by atoms with Crippen molar-refractivity contribution in [3.63, 3.8) is 0 Å². The predicted molar refractivity (Wildman–Crippen MR) is 105 cm³/mol. The van der Waals surface area contributed by atoms with Crippen LogP contribution in [0.1, 0.15) is 0 Å². The molecule has 0 aliphatic rings. The maximum Gasteiger partial charge on any atom is 0.146 e. The first-order valence-electron chi connectivity index (χ1n) is 8.11. The number of imidazole rings is 1. The fourth-order valence-electron chi connectivity index (χ4n) is 3.38. The number of benzene rings is 3. The summed E-state index contributed by atoms with van der Waals surface area (Å²) in [5.74, 6) is 0.894. The van der Waals surface area contributed by atoms with Crippen LogP contribution in [0.25, 0.3) is 27.3 Å². The van der Waals surface area contributed by atoms with E-state index in [9.17, 15) is 0 Å². The van der Waals surface area contributed by atoms with Crippen LogP contribution < -0.4 is 5.32 Å². The van der Waals surface area contributed by atoms with Gasteiger partial charge in [0.2, 0.25) is 0 Å². The smallest absolute Gasteiger partial charge is 0.146 e. The molecule has 4 heteroatoms. The molecule has 3 nitrogen and oxygen atoms in total. The molecule has 3 aromatic carbocycles. The zero-order valence-corrected chi connectivity index (χ0v) is 14.0. The number of anilines is 2. The average Bonchev–Trinajstić information content (AvgIpc) is 3.08. The number of halogens is 1. The second-order valence-electron chi connectivity index (χ2n) is 5.97. The van der Waals surface area contributed by atoms with Gasteiger partial charge >= 0.3 is 0 Å². The first kappa shape index (κ1) is 14.3. The second-order valence-corrected chi connectivity index (χ2v) is 6.38. The maximum atomic E-state index is 6.31. The van der Waals surface area contributed by atoms with Crippen LogP contribution in [0.4, 0.5) is 11.5 Å². The van der Waals surface area contributed by atoms with Crippen molar-refractivity contribution in [2.75, 3.05) is 5.32 Å². The monoisotopic (exact) mass is 343 g/mol. The molecule has 0 unspecified atom stereocenters. The number of para-hydroxylation sites is 2. The number of nitrogens with zero attached hydrogens (tertiary/aromatic N) is 2. The number of pyridine rings is 1. The molecule has 0 amide bonds. The van der Waals surface area contributed by atoms with Gasteiger partial charge in [-0.15, -0.1) is 0 Å². The van der Waals surface area contributed by atoms with E-state index in [1.165, 1.54) is 10.8 Å². The molecule has 2 heterocycles. The van der Waals surface area contributed by atoms with E-state index in [-0.39, 0.29) is 0 Å². The molecule has 0 atom stereocenters. The van der Waals surface area contributed by atoms with Gasteiger partial charge in [-0.05, 0) is 23.6 Å². The standard InChI is InChI=1S/C21H14ClN3/c22-17-10-4-5-11-18(17)24-20-13-23-21-16-9-2-1-7-14(16)15-8-3-6-12-19(15)25(20)21/h1-13,24H. The van der Waals surface area contributed by atoms with Crippen molar-refractivity contribution in [1.82, 2.24) is 9.38 Å². The third-order valence-corrected chi connectivity index (χ3v) is 4.83. The van der Waals surface area contributed by atoms with E-state index in [2.05, 4.69) is 57.2 Å². The Morgan fingerprint density at radius 1 is 0.760 bits per heavy atom. The highest BCUT2D eigenvalue weighted by atomic mass is 35.5. The Morgan fingerprint density at radius 3 is 2.28 bits per heavy atom. The lowest BCUT2D eigenvalue weighted by molar-refractivity contribution is 1.26. The highest BCUT2D eigenvalue weighted by molar-refractivity contribution is 6.33. The molecule has 0 saturated carbocycles. The molecule has 5 rings (SSSR count). The SMILES string of the molecule is Clc1ccccc1Nc1cnc2c3ccccc3c3ccccc3n12. The summed E-state index contributed by atoms with van der Waals surface area (Å²) in [5, 5.41) is 7.64. The van der Waals surface area contributed by atoms with Crippen LogP contribution in [0.5, 0.6) is 0 Å². The molecule has 120 valence electrons. The summed E-state index contributed by atoms with van der Waals surface area (Å²) >= 11 is 6.31. The molecule has 5 aromatic rings. The largest absolute Gasteiger partial charge is 0.339 e. The van der Waals surface area contributed by atoms with Crippen LogP contribution in [-0.4, -0.2) is 9.38 Å². The molecule has 0 spiro atoms. The lowest BCUT2D eigenvalue weighted by Crippen LogP contribution is -1.98. The van der Waals surface area contributed by atoms with Crippen molar-refractivity contribution in [2.45, 2.75) is 0 Å². The van der Waals surface area contributed by atoms with E-state index < -0.39 is 0 Å². The van der Waals surface area contributed by atoms with Crippen LogP contribution in [0.2, 0.25) is 5.02 Å². The van der Waals surface area contributed by atoms with Crippen LogP contribution in [0.15, 0.2) is 79.0 Å². The van der Waals surface area contributed by atoms with Gasteiger partial charge < -0.3 is 5.32 Å². The van der Waals surface area contributed by atoms with Gasteiger partial charge in [-0.1, -0.05) is 66.2 Å². The van der Waals surface area contributed by atoms with Crippen LogP contribution in [-0.2, 0) is 0 Å². The average molecular weight is 344 g/mol. The lowest BCUT2D eigenvalue weighted by atomic mass is 10.1. The Bertz CT molecular complexity index is 1240. The van der Waals surface area contributed by atoms with Crippen molar-refractivity contribution in [2.24, 2.45) is 0 Å². The molecular weight excluding hydrogens is 330 g/mol. The highest BCUT2D eigenvalue weighted by Crippen LogP contribution is 2.33. The first-order chi connectivity index (χ1) is 12.3. The summed E-state index contributed by atoms with van der Waals surface area (Å²) in [6.07, 6.45) is 1.86. The van der Waals surface area contributed by atoms with E-state index >= 15 is 0 Å². The van der Waals surface area contributed by atoms with Crippen molar-refractivity contribution in [3.05, 3.63) is 84.0 Å². The molecule has 0 bridgehead atoms. The second kappa shape index (κ2) is 5.50. The predicted octanol–water partition coefficient (Wildman–Crippen LogP) is 6.04. The van der Waals surface area contributed by atoms with Crippen molar-refractivity contribution in [3.8, 4) is 0 Å². The van der Waals surface area contributed by atoms with Crippen molar-refractivity contribution < 1.29 is 0 Å². The summed E-state index contributed by atoms with van der Waals surface area (Å²) in [7, 11) is 0. The maximum absolute atomic E-state index is 6.31. The van der Waals surface area contributed by atoms with Crippen LogP contribution >= 0.6 is 11.6 Å². The summed E-state index contributed by atoms with van der Waals surface area (Å²) < 4.78 is 2.15. The van der Waals surface area contributed by atoms with Crippen molar-refractivity contribution >= 4 is 50.4 Å². The molecule has 0 fully saturated rings. The highest BCUT2D eigenvalue weighted by Gasteiger charge is 2.13. The fraction of sp³-hybridized carbons (Fsp3) is 0. The lowest BCUT2D eigenvalue weighted by Gasteiger charge is -2.12. The van der Waals surface area contributed by atoms with Crippen LogP contribution in [0, 0.1) is 0 Å². The summed E-state index contributed by atoms with van der Waals surface area (Å²) in [5.41, 5.74) is 2.91. The Kier molecular flexibility index (Phi) is 3.15.